The Labute approximate surface area is 137 Å². The molecule has 1 aliphatic rings. The van der Waals surface area contributed by atoms with Gasteiger partial charge in [0.1, 0.15) is 5.82 Å². The molecule has 5 heteroatoms. The summed E-state index contributed by atoms with van der Waals surface area (Å²) >= 11 is 0. The number of rotatable bonds is 5. The number of aryl methyl sites for hydroxylation is 1. The highest BCUT2D eigenvalue weighted by molar-refractivity contribution is 5.45. The largest absolute Gasteiger partial charge is 0.378 e. The molecule has 2 aromatic rings. The van der Waals surface area contributed by atoms with E-state index in [-0.39, 0.29) is 0 Å². The van der Waals surface area contributed by atoms with Crippen LogP contribution in [-0.4, -0.2) is 42.8 Å². The van der Waals surface area contributed by atoms with E-state index >= 15 is 0 Å². The van der Waals surface area contributed by atoms with E-state index in [1.807, 2.05) is 19.1 Å². The number of ether oxygens (including phenoxy) is 1. The third-order valence-corrected chi connectivity index (χ3v) is 4.11. The van der Waals surface area contributed by atoms with Gasteiger partial charge >= 0.3 is 0 Å². The van der Waals surface area contributed by atoms with Crippen LogP contribution >= 0.6 is 0 Å². The summed E-state index contributed by atoms with van der Waals surface area (Å²) in [5.74, 6) is 2.09. The second-order valence-electron chi connectivity index (χ2n) is 5.98. The fourth-order valence-corrected chi connectivity index (χ4v) is 2.73. The lowest BCUT2D eigenvalue weighted by Crippen LogP contribution is -2.37. The average Bonchev–Trinajstić information content (AvgIpc) is 2.61. The van der Waals surface area contributed by atoms with Gasteiger partial charge in [0.05, 0.1) is 13.2 Å². The lowest BCUT2D eigenvalue weighted by molar-refractivity contribution is 0.122. The molecule has 1 aromatic heterocycles. The van der Waals surface area contributed by atoms with Gasteiger partial charge in [0.25, 0.3) is 0 Å². The molecule has 5 nitrogen and oxygen atoms in total. The number of benzene rings is 1. The van der Waals surface area contributed by atoms with Crippen LogP contribution in [0.2, 0.25) is 0 Å². The maximum atomic E-state index is 5.41. The predicted molar refractivity (Wildman–Crippen MR) is 93.1 cm³/mol. The summed E-state index contributed by atoms with van der Waals surface area (Å²) in [5, 5.41) is 3.38. The van der Waals surface area contributed by atoms with E-state index < -0.39 is 0 Å². The molecule has 0 aliphatic carbocycles. The maximum Gasteiger partial charge on any atom is 0.224 e. The number of hydrogen-bond donors (Lipinski definition) is 1. The predicted octanol–water partition coefficient (Wildman–Crippen LogP) is 2.84. The number of morpholine rings is 1. The zero-order valence-corrected chi connectivity index (χ0v) is 13.8. The van der Waals surface area contributed by atoms with Crippen LogP contribution in [0.15, 0.2) is 36.4 Å². The molecule has 0 radical (unpaired) electrons. The number of anilines is 2. The minimum absolute atomic E-state index is 0.409. The highest BCUT2D eigenvalue weighted by Gasteiger charge is 2.14. The molecule has 0 bridgehead atoms. The first-order chi connectivity index (χ1) is 11.2. The molecule has 3 rings (SSSR count). The second-order valence-corrected chi connectivity index (χ2v) is 5.98. The van der Waals surface area contributed by atoms with Crippen molar-refractivity contribution in [1.29, 1.82) is 0 Å². The quantitative estimate of drug-likeness (QED) is 0.920. The van der Waals surface area contributed by atoms with Crippen LogP contribution in [0.1, 0.15) is 24.1 Å². The van der Waals surface area contributed by atoms with Gasteiger partial charge in [-0.1, -0.05) is 37.3 Å². The fourth-order valence-electron chi connectivity index (χ4n) is 2.73. The van der Waals surface area contributed by atoms with Crippen molar-refractivity contribution in [2.45, 2.75) is 19.8 Å². The minimum atomic E-state index is 0.409. The number of aromatic nitrogens is 2. The number of hydrogen-bond acceptors (Lipinski definition) is 5. The van der Waals surface area contributed by atoms with Crippen LogP contribution in [0.4, 0.5) is 11.8 Å². The molecule has 1 fully saturated rings. The fraction of sp³-hybridized carbons (Fsp3) is 0.444. The number of nitrogens with one attached hydrogen (secondary N) is 1. The van der Waals surface area contributed by atoms with Crippen molar-refractivity contribution < 1.29 is 4.74 Å². The standard InChI is InChI=1S/C18H24N4O/c1-14(16-6-4-3-5-7-16)13-19-18-20-15(2)12-17(21-18)22-8-10-23-11-9-22/h3-7,12,14H,8-11,13H2,1-2H3,(H,19,20,21). The molecule has 0 spiro atoms. The van der Waals surface area contributed by atoms with Crippen molar-refractivity contribution in [2.75, 3.05) is 43.1 Å². The summed E-state index contributed by atoms with van der Waals surface area (Å²) < 4.78 is 5.41. The van der Waals surface area contributed by atoms with Crippen LogP contribution in [0.5, 0.6) is 0 Å². The Bertz CT molecular complexity index is 626. The van der Waals surface area contributed by atoms with Gasteiger partial charge in [0, 0.05) is 31.4 Å². The van der Waals surface area contributed by atoms with Gasteiger partial charge in [0.15, 0.2) is 0 Å². The van der Waals surface area contributed by atoms with Crippen LogP contribution < -0.4 is 10.2 Å². The molecule has 1 unspecified atom stereocenters. The molecule has 1 aromatic carbocycles. The first-order valence-corrected chi connectivity index (χ1v) is 8.19. The summed E-state index contributed by atoms with van der Waals surface area (Å²) in [7, 11) is 0. The van der Waals surface area contributed by atoms with E-state index in [1.54, 1.807) is 0 Å². The van der Waals surface area contributed by atoms with Gasteiger partial charge in [-0.25, -0.2) is 4.98 Å². The van der Waals surface area contributed by atoms with Crippen molar-refractivity contribution >= 4 is 11.8 Å². The summed E-state index contributed by atoms with van der Waals surface area (Å²) in [4.78, 5) is 11.4. The van der Waals surface area contributed by atoms with Crippen molar-refractivity contribution in [3.8, 4) is 0 Å². The van der Waals surface area contributed by atoms with Crippen LogP contribution in [0, 0.1) is 6.92 Å². The molecule has 1 N–H and O–H groups in total. The SMILES string of the molecule is Cc1cc(N2CCOCC2)nc(NCC(C)c2ccccc2)n1. The lowest BCUT2D eigenvalue weighted by atomic mass is 10.0. The molecular weight excluding hydrogens is 288 g/mol. The molecule has 0 saturated carbocycles. The topological polar surface area (TPSA) is 50.3 Å². The first-order valence-electron chi connectivity index (χ1n) is 8.19. The zero-order valence-electron chi connectivity index (χ0n) is 13.8. The Morgan fingerprint density at radius 3 is 2.65 bits per heavy atom. The van der Waals surface area contributed by atoms with Crippen molar-refractivity contribution in [3.05, 3.63) is 47.7 Å². The molecule has 1 aliphatic heterocycles. The van der Waals surface area contributed by atoms with Crippen LogP contribution in [0.25, 0.3) is 0 Å². The van der Waals surface area contributed by atoms with Gasteiger partial charge in [-0.15, -0.1) is 0 Å². The Morgan fingerprint density at radius 2 is 1.91 bits per heavy atom. The van der Waals surface area contributed by atoms with Crippen LogP contribution in [-0.2, 0) is 4.74 Å². The van der Waals surface area contributed by atoms with Gasteiger partial charge in [-0.05, 0) is 18.4 Å². The maximum absolute atomic E-state index is 5.41. The van der Waals surface area contributed by atoms with E-state index in [1.165, 1.54) is 5.56 Å². The highest BCUT2D eigenvalue weighted by atomic mass is 16.5. The molecular formula is C18H24N4O. The van der Waals surface area contributed by atoms with Crippen molar-refractivity contribution in [2.24, 2.45) is 0 Å². The van der Waals surface area contributed by atoms with E-state index in [2.05, 4.69) is 51.4 Å². The van der Waals surface area contributed by atoms with Gasteiger partial charge < -0.3 is 15.0 Å². The molecule has 1 saturated heterocycles. The summed E-state index contributed by atoms with van der Waals surface area (Å²) in [6.07, 6.45) is 0. The Kier molecular flexibility index (Phi) is 5.08. The third-order valence-electron chi connectivity index (χ3n) is 4.11. The molecule has 122 valence electrons. The summed E-state index contributed by atoms with van der Waals surface area (Å²) in [6, 6.07) is 12.5. The monoisotopic (exact) mass is 312 g/mol. The normalized spacial score (nSPS) is 16.2. The second kappa shape index (κ2) is 7.42. The minimum Gasteiger partial charge on any atom is -0.378 e. The number of nitrogens with zero attached hydrogens (tertiary/aromatic N) is 3. The lowest BCUT2D eigenvalue weighted by Gasteiger charge is -2.28. The molecule has 1 atom stereocenters. The van der Waals surface area contributed by atoms with E-state index in [0.717, 1.165) is 44.4 Å². The third kappa shape index (κ3) is 4.20. The van der Waals surface area contributed by atoms with Crippen LogP contribution in [0.3, 0.4) is 0 Å². The van der Waals surface area contributed by atoms with E-state index in [4.69, 9.17) is 4.74 Å². The summed E-state index contributed by atoms with van der Waals surface area (Å²) in [6.45, 7) is 8.33. The first kappa shape index (κ1) is 15.7. The zero-order chi connectivity index (χ0) is 16.1. The Balaban J connectivity index is 1.66. The average molecular weight is 312 g/mol. The molecule has 0 amide bonds. The van der Waals surface area contributed by atoms with Gasteiger partial charge in [-0.2, -0.15) is 4.98 Å². The summed E-state index contributed by atoms with van der Waals surface area (Å²) in [5.41, 5.74) is 2.30. The Morgan fingerprint density at radius 1 is 1.17 bits per heavy atom. The highest BCUT2D eigenvalue weighted by Crippen LogP contribution is 2.18. The van der Waals surface area contributed by atoms with E-state index in [0.29, 0.717) is 11.9 Å². The smallest absolute Gasteiger partial charge is 0.224 e. The van der Waals surface area contributed by atoms with Crippen molar-refractivity contribution in [3.63, 3.8) is 0 Å². The van der Waals surface area contributed by atoms with Gasteiger partial charge in [-0.3, -0.25) is 0 Å². The molecule has 2 heterocycles. The van der Waals surface area contributed by atoms with Crippen molar-refractivity contribution in [1.82, 2.24) is 9.97 Å². The van der Waals surface area contributed by atoms with E-state index in [9.17, 15) is 0 Å². The molecule has 23 heavy (non-hydrogen) atoms. The van der Waals surface area contributed by atoms with Gasteiger partial charge in [0.2, 0.25) is 5.95 Å². The Hall–Kier alpha value is -2.14.